The van der Waals surface area contributed by atoms with E-state index in [0.717, 1.165) is 34.0 Å². The van der Waals surface area contributed by atoms with Crippen molar-refractivity contribution in [2.24, 2.45) is 5.92 Å². The molecule has 0 aliphatic heterocycles. The van der Waals surface area contributed by atoms with Gasteiger partial charge in [0, 0.05) is 37.6 Å². The van der Waals surface area contributed by atoms with E-state index in [1.165, 1.54) is 0 Å². The maximum atomic E-state index is 13.3. The van der Waals surface area contributed by atoms with Gasteiger partial charge in [-0.15, -0.1) is 0 Å². The van der Waals surface area contributed by atoms with Gasteiger partial charge in [-0.05, 0) is 39.9 Å². The smallest absolute Gasteiger partial charge is 0.410 e. The number of hydrogen-bond donors (Lipinski definition) is 1. The molecular weight excluding hydrogens is 526 g/mol. The molecule has 0 aliphatic carbocycles. The molecule has 8 heteroatoms. The number of amides is 2. The van der Waals surface area contributed by atoms with Crippen molar-refractivity contribution >= 4 is 22.8 Å². The second kappa shape index (κ2) is 14.6. The van der Waals surface area contributed by atoms with E-state index in [0.29, 0.717) is 25.2 Å². The highest BCUT2D eigenvalue weighted by Crippen LogP contribution is 2.21. The molecule has 0 saturated carbocycles. The van der Waals surface area contributed by atoms with E-state index in [4.69, 9.17) is 10.00 Å². The summed E-state index contributed by atoms with van der Waals surface area (Å²) in [7, 11) is 0. The summed E-state index contributed by atoms with van der Waals surface area (Å²) in [5.41, 5.74) is 3.39. The second-order valence-electron chi connectivity index (χ2n) is 10.4. The molecule has 216 valence electrons. The van der Waals surface area contributed by atoms with Gasteiger partial charge in [0.05, 0.1) is 24.4 Å². The van der Waals surface area contributed by atoms with Crippen LogP contribution in [-0.2, 0) is 29.0 Å². The highest BCUT2D eigenvalue weighted by molar-refractivity contribution is 5.86. The van der Waals surface area contributed by atoms with Crippen LogP contribution in [0.5, 0.6) is 0 Å². The van der Waals surface area contributed by atoms with Crippen molar-refractivity contribution in [3.05, 3.63) is 114 Å². The van der Waals surface area contributed by atoms with Gasteiger partial charge in [0.25, 0.3) is 0 Å². The van der Waals surface area contributed by atoms with Gasteiger partial charge in [-0.25, -0.2) is 9.78 Å². The number of fused-ring (bicyclic) bond motifs is 1. The molecule has 1 N–H and O–H groups in total. The highest BCUT2D eigenvalue weighted by atomic mass is 16.6. The Morgan fingerprint density at radius 3 is 2.64 bits per heavy atom. The topological polar surface area (TPSA) is 100 Å². The maximum absolute atomic E-state index is 13.3. The number of nitriles is 1. The van der Waals surface area contributed by atoms with E-state index in [1.807, 2.05) is 59.2 Å². The Labute approximate surface area is 247 Å². The molecule has 0 spiro atoms. The van der Waals surface area contributed by atoms with Gasteiger partial charge in [-0.3, -0.25) is 4.79 Å². The van der Waals surface area contributed by atoms with Crippen LogP contribution in [0.15, 0.2) is 91.9 Å². The number of nitrogens with one attached hydrogen (secondary N) is 1. The zero-order valence-electron chi connectivity index (χ0n) is 24.2. The first-order chi connectivity index (χ1) is 20.4. The summed E-state index contributed by atoms with van der Waals surface area (Å²) in [6.07, 6.45) is 5.46. The van der Waals surface area contributed by atoms with Gasteiger partial charge in [-0.1, -0.05) is 87.5 Å². The number of carbonyl (C=O) groups excluding carboxylic acids is 2. The average Bonchev–Trinajstić information content (AvgIpc) is 3.44. The molecule has 0 radical (unpaired) electrons. The molecule has 2 amide bonds. The maximum Gasteiger partial charge on any atom is 0.410 e. The minimum absolute atomic E-state index is 0.106. The predicted octanol–water partition coefficient (Wildman–Crippen LogP) is 5.85. The summed E-state index contributed by atoms with van der Waals surface area (Å²) < 4.78 is 7.39. The Bertz CT molecular complexity index is 1550. The summed E-state index contributed by atoms with van der Waals surface area (Å²) in [6.45, 7) is 9.09. The van der Waals surface area contributed by atoms with Crippen LogP contribution in [0.25, 0.3) is 10.8 Å². The van der Waals surface area contributed by atoms with Crippen LogP contribution in [0.4, 0.5) is 4.79 Å². The van der Waals surface area contributed by atoms with Crippen molar-refractivity contribution < 1.29 is 14.3 Å². The number of nitrogens with zero attached hydrogens (tertiary/aromatic N) is 4. The number of ether oxygens (including phenoxy) is 1. The summed E-state index contributed by atoms with van der Waals surface area (Å²) in [6, 6.07) is 23.3. The van der Waals surface area contributed by atoms with Crippen molar-refractivity contribution in [1.82, 2.24) is 19.8 Å². The van der Waals surface area contributed by atoms with Gasteiger partial charge in [0.15, 0.2) is 0 Å². The molecule has 0 unspecified atom stereocenters. The number of benzene rings is 3. The first kappa shape index (κ1) is 30.1. The van der Waals surface area contributed by atoms with Crippen LogP contribution < -0.4 is 5.32 Å². The minimum Gasteiger partial charge on any atom is -0.445 e. The quantitative estimate of drug-likeness (QED) is 0.206. The van der Waals surface area contributed by atoms with Crippen molar-refractivity contribution in [2.45, 2.75) is 45.8 Å². The van der Waals surface area contributed by atoms with E-state index in [2.05, 4.69) is 36.8 Å². The Hall–Kier alpha value is -4.90. The molecule has 3 aromatic carbocycles. The Kier molecular flexibility index (Phi) is 10.5. The second-order valence-corrected chi connectivity index (χ2v) is 10.4. The highest BCUT2D eigenvalue weighted by Gasteiger charge is 2.26. The van der Waals surface area contributed by atoms with Crippen molar-refractivity contribution in [3.63, 3.8) is 0 Å². The molecule has 0 bridgehead atoms. The van der Waals surface area contributed by atoms with E-state index < -0.39 is 6.09 Å². The zero-order chi connectivity index (χ0) is 29.9. The third-order valence-electron chi connectivity index (χ3n) is 7.49. The fraction of sp³-hybridized carbons (Fsp3) is 0.294. The molecular formula is C34H37N5O3. The first-order valence-corrected chi connectivity index (χ1v) is 14.2. The average molecular weight is 564 g/mol. The van der Waals surface area contributed by atoms with Crippen LogP contribution in [-0.4, -0.2) is 45.6 Å². The molecule has 4 aromatic rings. The number of rotatable bonds is 13. The normalized spacial score (nSPS) is 12.2. The fourth-order valence-electron chi connectivity index (χ4n) is 4.89. The third kappa shape index (κ3) is 7.85. The lowest BCUT2D eigenvalue weighted by Crippen LogP contribution is -2.49. The molecule has 0 aliphatic rings. The zero-order valence-corrected chi connectivity index (χ0v) is 24.2. The van der Waals surface area contributed by atoms with E-state index in [1.54, 1.807) is 35.6 Å². The molecule has 0 saturated heterocycles. The predicted molar refractivity (Wildman–Crippen MR) is 163 cm³/mol. The number of aromatic nitrogens is 2. The Balaban J connectivity index is 1.49. The summed E-state index contributed by atoms with van der Waals surface area (Å²) in [5, 5.41) is 14.4. The molecule has 4 rings (SSSR count). The first-order valence-electron chi connectivity index (χ1n) is 14.2. The lowest BCUT2D eigenvalue weighted by molar-refractivity contribution is -0.121. The molecule has 42 heavy (non-hydrogen) atoms. The summed E-state index contributed by atoms with van der Waals surface area (Å²) in [4.78, 5) is 32.5. The molecule has 2 atom stereocenters. The van der Waals surface area contributed by atoms with E-state index in [9.17, 15) is 9.59 Å². The number of hydrogen-bond acceptors (Lipinski definition) is 5. The number of carbonyl (C=O) groups is 2. The third-order valence-corrected chi connectivity index (χ3v) is 7.49. The van der Waals surface area contributed by atoms with Crippen molar-refractivity contribution in [2.75, 3.05) is 13.2 Å². The van der Waals surface area contributed by atoms with E-state index in [-0.39, 0.29) is 30.9 Å². The van der Waals surface area contributed by atoms with Gasteiger partial charge in [0.2, 0.25) is 5.91 Å². The Morgan fingerprint density at radius 1 is 1.14 bits per heavy atom. The fourth-order valence-corrected chi connectivity index (χ4v) is 4.89. The van der Waals surface area contributed by atoms with Gasteiger partial charge in [0.1, 0.15) is 6.61 Å². The lowest BCUT2D eigenvalue weighted by Gasteiger charge is -2.31. The standard InChI is InChI=1S/C34H37N5O3/c1-4-17-42-34(41)38(22-29-11-8-10-28-9-6-7-12-31(28)29)23-32(25(3)5-2)37-33(40)18-30-20-36-24-39(30)21-27-15-13-26(19-35)14-16-27/h4,6-16,20,24-25,32H,1,5,17-18,21-23H2,2-3H3,(H,37,40)/t25-,32+/m0/s1. The van der Waals surface area contributed by atoms with Crippen LogP contribution in [0.3, 0.4) is 0 Å². The van der Waals surface area contributed by atoms with E-state index >= 15 is 0 Å². The summed E-state index contributed by atoms with van der Waals surface area (Å²) in [5.74, 6) is -0.0359. The Morgan fingerprint density at radius 2 is 1.90 bits per heavy atom. The molecule has 0 fully saturated rings. The minimum atomic E-state index is -0.453. The van der Waals surface area contributed by atoms with Crippen LogP contribution >= 0.6 is 0 Å². The number of imidazole rings is 1. The monoisotopic (exact) mass is 563 g/mol. The van der Waals surface area contributed by atoms with Crippen molar-refractivity contribution in [3.8, 4) is 6.07 Å². The largest absolute Gasteiger partial charge is 0.445 e. The molecule has 8 nitrogen and oxygen atoms in total. The van der Waals surface area contributed by atoms with Crippen molar-refractivity contribution in [1.29, 1.82) is 5.26 Å². The van der Waals surface area contributed by atoms with Crippen LogP contribution in [0.1, 0.15) is 42.7 Å². The summed E-state index contributed by atoms with van der Waals surface area (Å²) >= 11 is 0. The van der Waals surface area contributed by atoms with Crippen LogP contribution in [0.2, 0.25) is 0 Å². The van der Waals surface area contributed by atoms with Gasteiger partial charge < -0.3 is 19.5 Å². The van der Waals surface area contributed by atoms with Crippen LogP contribution in [0, 0.1) is 17.2 Å². The molecule has 1 heterocycles. The molecule has 1 aromatic heterocycles. The lowest BCUT2D eigenvalue weighted by atomic mass is 9.97. The van der Waals surface area contributed by atoms with Gasteiger partial charge >= 0.3 is 6.09 Å². The van der Waals surface area contributed by atoms with Gasteiger partial charge in [-0.2, -0.15) is 5.26 Å². The SMILES string of the molecule is C=CCOC(=O)N(Cc1cccc2ccccc12)C[C@@H](NC(=O)Cc1cncn1Cc1ccc(C#N)cc1)[C@@H](C)CC.